The maximum absolute atomic E-state index is 12.1. The van der Waals surface area contributed by atoms with Gasteiger partial charge in [-0.25, -0.2) is 0 Å². The van der Waals surface area contributed by atoms with E-state index in [1.165, 1.54) is 6.08 Å². The fourth-order valence-corrected chi connectivity index (χ4v) is 2.47. The van der Waals surface area contributed by atoms with E-state index < -0.39 is 0 Å². The van der Waals surface area contributed by atoms with Gasteiger partial charge in [-0.3, -0.25) is 4.79 Å². The molecule has 0 aromatic heterocycles. The molecule has 0 aliphatic carbocycles. The molecule has 1 amide bonds. The maximum atomic E-state index is 12.1. The molecule has 0 aliphatic heterocycles. The molecule has 2 aromatic carbocycles. The summed E-state index contributed by atoms with van der Waals surface area (Å²) in [6, 6.07) is 11.0. The normalized spacial score (nSPS) is 10.7. The third-order valence-corrected chi connectivity index (χ3v) is 3.77. The van der Waals surface area contributed by atoms with E-state index in [0.29, 0.717) is 28.8 Å². The molecular weight excluding hydrogens is 338 g/mol. The van der Waals surface area contributed by atoms with Crippen LogP contribution in [0.25, 0.3) is 6.08 Å². The van der Waals surface area contributed by atoms with Gasteiger partial charge in [0.15, 0.2) is 11.5 Å². The molecule has 0 spiro atoms. The lowest BCUT2D eigenvalue weighted by Crippen LogP contribution is -2.08. The second-order valence-electron chi connectivity index (χ2n) is 5.56. The van der Waals surface area contributed by atoms with E-state index in [0.717, 1.165) is 17.5 Å². The first-order valence-electron chi connectivity index (χ1n) is 8.09. The van der Waals surface area contributed by atoms with Crippen LogP contribution in [0.5, 0.6) is 11.5 Å². The highest BCUT2D eigenvalue weighted by Crippen LogP contribution is 2.28. The Bertz CT molecular complexity index is 772. The molecule has 0 aliphatic rings. The number of rotatable bonds is 7. The Morgan fingerprint density at radius 3 is 2.68 bits per heavy atom. The van der Waals surface area contributed by atoms with Crippen molar-refractivity contribution in [2.75, 3.05) is 19.0 Å². The van der Waals surface area contributed by atoms with Gasteiger partial charge in [0.1, 0.15) is 0 Å². The average Bonchev–Trinajstić information content (AvgIpc) is 2.60. The fourth-order valence-electron chi connectivity index (χ4n) is 2.19. The Hall–Kier alpha value is -2.46. The maximum Gasteiger partial charge on any atom is 0.248 e. The highest BCUT2D eigenvalue weighted by molar-refractivity contribution is 6.33. The van der Waals surface area contributed by atoms with Crippen LogP contribution in [0.2, 0.25) is 5.02 Å². The van der Waals surface area contributed by atoms with Gasteiger partial charge in [-0.2, -0.15) is 0 Å². The number of benzene rings is 2. The molecule has 132 valence electrons. The van der Waals surface area contributed by atoms with Crippen molar-refractivity contribution < 1.29 is 14.3 Å². The first-order chi connectivity index (χ1) is 12.0. The SMILES string of the molecule is CCCOc1ccc(/C=C/C(=O)Nc2ccc(C)cc2Cl)cc1OC. The zero-order chi connectivity index (χ0) is 18.2. The number of carbonyl (C=O) groups excluding carboxylic acids is 1. The van der Waals surface area contributed by atoms with Crippen LogP contribution in [0.15, 0.2) is 42.5 Å². The van der Waals surface area contributed by atoms with Gasteiger partial charge in [0, 0.05) is 6.08 Å². The topological polar surface area (TPSA) is 47.6 Å². The number of halogens is 1. The van der Waals surface area contributed by atoms with Crippen molar-refractivity contribution in [1.82, 2.24) is 0 Å². The number of hydrogen-bond acceptors (Lipinski definition) is 3. The van der Waals surface area contributed by atoms with E-state index in [1.807, 2.05) is 38.1 Å². The van der Waals surface area contributed by atoms with Gasteiger partial charge in [0.05, 0.1) is 24.4 Å². The zero-order valence-corrected chi connectivity index (χ0v) is 15.4. The predicted octanol–water partition coefficient (Wildman–Crippen LogP) is 5.10. The first-order valence-corrected chi connectivity index (χ1v) is 8.47. The molecule has 0 radical (unpaired) electrons. The number of nitrogens with one attached hydrogen (secondary N) is 1. The summed E-state index contributed by atoms with van der Waals surface area (Å²) in [6.45, 7) is 4.62. The Kier molecular flexibility index (Phi) is 6.90. The van der Waals surface area contributed by atoms with Crippen molar-refractivity contribution in [1.29, 1.82) is 0 Å². The molecule has 0 atom stereocenters. The Balaban J connectivity index is 2.06. The number of anilines is 1. The summed E-state index contributed by atoms with van der Waals surface area (Å²) in [7, 11) is 1.59. The van der Waals surface area contributed by atoms with E-state index in [-0.39, 0.29) is 5.91 Å². The number of amides is 1. The van der Waals surface area contributed by atoms with Crippen LogP contribution >= 0.6 is 11.6 Å². The molecule has 0 saturated heterocycles. The van der Waals surface area contributed by atoms with Crippen LogP contribution in [0.4, 0.5) is 5.69 Å². The van der Waals surface area contributed by atoms with Crippen LogP contribution in [-0.2, 0) is 4.79 Å². The van der Waals surface area contributed by atoms with Crippen molar-refractivity contribution in [2.24, 2.45) is 0 Å². The van der Waals surface area contributed by atoms with Crippen LogP contribution in [-0.4, -0.2) is 19.6 Å². The van der Waals surface area contributed by atoms with Gasteiger partial charge in [-0.1, -0.05) is 30.7 Å². The lowest BCUT2D eigenvalue weighted by molar-refractivity contribution is -0.111. The predicted molar refractivity (Wildman–Crippen MR) is 103 cm³/mol. The lowest BCUT2D eigenvalue weighted by atomic mass is 10.2. The van der Waals surface area contributed by atoms with Crippen molar-refractivity contribution in [3.8, 4) is 11.5 Å². The summed E-state index contributed by atoms with van der Waals surface area (Å²) in [5, 5.41) is 3.28. The second kappa shape index (κ2) is 9.14. The van der Waals surface area contributed by atoms with Gasteiger partial charge in [-0.05, 0) is 54.8 Å². The minimum Gasteiger partial charge on any atom is -0.493 e. The van der Waals surface area contributed by atoms with Crippen LogP contribution in [0.3, 0.4) is 0 Å². The van der Waals surface area contributed by atoms with Gasteiger partial charge < -0.3 is 14.8 Å². The molecule has 5 heteroatoms. The molecule has 0 heterocycles. The van der Waals surface area contributed by atoms with E-state index >= 15 is 0 Å². The van der Waals surface area contributed by atoms with Crippen LogP contribution < -0.4 is 14.8 Å². The number of methoxy groups -OCH3 is 1. The van der Waals surface area contributed by atoms with Crippen molar-refractivity contribution in [3.63, 3.8) is 0 Å². The number of carbonyl (C=O) groups is 1. The molecule has 0 unspecified atom stereocenters. The summed E-state index contributed by atoms with van der Waals surface area (Å²) in [4.78, 5) is 12.1. The molecule has 25 heavy (non-hydrogen) atoms. The Morgan fingerprint density at radius 2 is 2.00 bits per heavy atom. The molecule has 0 fully saturated rings. The minimum atomic E-state index is -0.254. The summed E-state index contributed by atoms with van der Waals surface area (Å²) in [5.41, 5.74) is 2.46. The van der Waals surface area contributed by atoms with Crippen molar-refractivity contribution >= 4 is 29.3 Å². The number of hydrogen-bond donors (Lipinski definition) is 1. The lowest BCUT2D eigenvalue weighted by Gasteiger charge is -2.10. The van der Waals surface area contributed by atoms with Crippen LogP contribution in [0.1, 0.15) is 24.5 Å². The fraction of sp³-hybridized carbons (Fsp3) is 0.250. The van der Waals surface area contributed by atoms with E-state index in [9.17, 15) is 4.79 Å². The molecule has 1 N–H and O–H groups in total. The Morgan fingerprint density at radius 1 is 1.20 bits per heavy atom. The van der Waals surface area contributed by atoms with Crippen LogP contribution in [0, 0.1) is 6.92 Å². The van der Waals surface area contributed by atoms with Gasteiger partial charge in [0.2, 0.25) is 5.91 Å². The van der Waals surface area contributed by atoms with Gasteiger partial charge >= 0.3 is 0 Å². The van der Waals surface area contributed by atoms with Crippen molar-refractivity contribution in [3.05, 3.63) is 58.6 Å². The van der Waals surface area contributed by atoms with E-state index in [2.05, 4.69) is 5.32 Å². The number of ether oxygens (including phenoxy) is 2. The molecule has 2 aromatic rings. The van der Waals surface area contributed by atoms with Crippen molar-refractivity contribution in [2.45, 2.75) is 20.3 Å². The van der Waals surface area contributed by atoms with Gasteiger partial charge in [0.25, 0.3) is 0 Å². The average molecular weight is 360 g/mol. The molecular formula is C20H22ClNO3. The largest absolute Gasteiger partial charge is 0.493 e. The summed E-state index contributed by atoms with van der Waals surface area (Å²) < 4.78 is 11.0. The molecule has 0 saturated carbocycles. The number of aryl methyl sites for hydroxylation is 1. The Labute approximate surface area is 153 Å². The van der Waals surface area contributed by atoms with E-state index in [4.69, 9.17) is 21.1 Å². The highest BCUT2D eigenvalue weighted by atomic mass is 35.5. The smallest absolute Gasteiger partial charge is 0.248 e. The quantitative estimate of drug-likeness (QED) is 0.700. The zero-order valence-electron chi connectivity index (χ0n) is 14.6. The first kappa shape index (κ1) is 18.9. The minimum absolute atomic E-state index is 0.254. The molecule has 0 bridgehead atoms. The third-order valence-electron chi connectivity index (χ3n) is 3.46. The third kappa shape index (κ3) is 5.54. The van der Waals surface area contributed by atoms with E-state index in [1.54, 1.807) is 25.3 Å². The monoisotopic (exact) mass is 359 g/mol. The molecule has 2 rings (SSSR count). The second-order valence-corrected chi connectivity index (χ2v) is 5.97. The summed E-state index contributed by atoms with van der Waals surface area (Å²) >= 11 is 6.12. The van der Waals surface area contributed by atoms with Gasteiger partial charge in [-0.15, -0.1) is 0 Å². The summed E-state index contributed by atoms with van der Waals surface area (Å²) in [5.74, 6) is 1.08. The highest BCUT2D eigenvalue weighted by Gasteiger charge is 2.06. The standard InChI is InChI=1S/C20H22ClNO3/c1-4-11-25-18-9-6-15(13-19(18)24-3)7-10-20(23)22-17-8-5-14(2)12-16(17)21/h5-10,12-13H,4,11H2,1-3H3,(H,22,23)/b10-7+. The molecule has 4 nitrogen and oxygen atoms in total. The summed E-state index contributed by atoms with van der Waals surface area (Å²) in [6.07, 6.45) is 4.09.